The van der Waals surface area contributed by atoms with Crippen LogP contribution in [-0.4, -0.2) is 33.5 Å². The van der Waals surface area contributed by atoms with Crippen LogP contribution < -0.4 is 10.6 Å². The van der Waals surface area contributed by atoms with Gasteiger partial charge in [0, 0.05) is 13.2 Å². The maximum Gasteiger partial charge on any atom is 0.421 e. The minimum atomic E-state index is -4.59. The van der Waals surface area contributed by atoms with E-state index in [4.69, 9.17) is 5.26 Å². The van der Waals surface area contributed by atoms with Gasteiger partial charge in [-0.2, -0.15) is 28.5 Å². The van der Waals surface area contributed by atoms with Gasteiger partial charge in [0.1, 0.15) is 18.1 Å². The lowest BCUT2D eigenvalue weighted by Crippen LogP contribution is -2.31. The van der Waals surface area contributed by atoms with E-state index in [0.29, 0.717) is 17.6 Å². The fourth-order valence-corrected chi connectivity index (χ4v) is 1.94. The van der Waals surface area contributed by atoms with Crippen molar-refractivity contribution in [1.82, 2.24) is 19.7 Å². The van der Waals surface area contributed by atoms with E-state index in [-0.39, 0.29) is 11.8 Å². The standard InChI is InChI=1S/C14H15F4N7/c1-8-10(5-25(24-8)13(2,6-15)7-19)22-12-21-4-9(14(16,17)18)11(20-3)23-12/h4-5H,6H2,1-3H3,(H2,20,21,22,23)/t13-/m0/s1. The maximum atomic E-state index is 13.1. The number of anilines is 3. The summed E-state index contributed by atoms with van der Waals surface area (Å²) in [4.78, 5) is 7.42. The van der Waals surface area contributed by atoms with Crippen LogP contribution in [0.25, 0.3) is 0 Å². The van der Waals surface area contributed by atoms with Crippen molar-refractivity contribution in [2.45, 2.75) is 25.6 Å². The lowest BCUT2D eigenvalue weighted by Gasteiger charge is -2.17. The first-order valence-electron chi connectivity index (χ1n) is 7.07. The minimum Gasteiger partial charge on any atom is -0.372 e. The van der Waals surface area contributed by atoms with E-state index in [1.54, 1.807) is 6.92 Å². The Hall–Kier alpha value is -2.90. The molecule has 2 N–H and O–H groups in total. The fraction of sp³-hybridized carbons (Fsp3) is 0.429. The van der Waals surface area contributed by atoms with Crippen LogP contribution in [0.2, 0.25) is 0 Å². The number of halogens is 4. The Balaban J connectivity index is 2.35. The second-order valence-corrected chi connectivity index (χ2v) is 5.42. The van der Waals surface area contributed by atoms with Crippen molar-refractivity contribution < 1.29 is 17.6 Å². The first-order valence-corrected chi connectivity index (χ1v) is 7.07. The molecule has 0 aliphatic carbocycles. The molecule has 0 amide bonds. The highest BCUT2D eigenvalue weighted by Crippen LogP contribution is 2.34. The number of aryl methyl sites for hydroxylation is 1. The van der Waals surface area contributed by atoms with Gasteiger partial charge in [0.05, 0.1) is 23.6 Å². The molecule has 2 aromatic heterocycles. The molecule has 25 heavy (non-hydrogen) atoms. The summed E-state index contributed by atoms with van der Waals surface area (Å²) in [5.41, 5.74) is -1.73. The SMILES string of the molecule is CNc1nc(Nc2cn([C@](C)(C#N)CF)nc2C)ncc1C(F)(F)F. The van der Waals surface area contributed by atoms with E-state index < -0.39 is 24.0 Å². The number of alkyl halides is 4. The second kappa shape index (κ2) is 6.54. The van der Waals surface area contributed by atoms with Crippen molar-refractivity contribution in [1.29, 1.82) is 5.26 Å². The Labute approximate surface area is 140 Å². The van der Waals surface area contributed by atoms with Gasteiger partial charge in [-0.1, -0.05) is 0 Å². The molecule has 0 unspecified atom stereocenters. The third-order valence-corrected chi connectivity index (χ3v) is 3.48. The lowest BCUT2D eigenvalue weighted by molar-refractivity contribution is -0.137. The van der Waals surface area contributed by atoms with E-state index in [1.165, 1.54) is 20.2 Å². The molecule has 0 fully saturated rings. The highest BCUT2D eigenvalue weighted by molar-refractivity contribution is 5.58. The topological polar surface area (TPSA) is 91.5 Å². The average molecular weight is 357 g/mol. The molecule has 2 aromatic rings. The molecule has 0 spiro atoms. The minimum absolute atomic E-state index is 0.0982. The number of nitriles is 1. The van der Waals surface area contributed by atoms with Crippen LogP contribution in [0.1, 0.15) is 18.2 Å². The van der Waals surface area contributed by atoms with Gasteiger partial charge in [0.15, 0.2) is 5.54 Å². The van der Waals surface area contributed by atoms with Crippen LogP contribution in [-0.2, 0) is 11.7 Å². The summed E-state index contributed by atoms with van der Waals surface area (Å²) in [5, 5.41) is 18.2. The molecule has 2 heterocycles. The Morgan fingerprint density at radius 2 is 2.04 bits per heavy atom. The molecule has 7 nitrogen and oxygen atoms in total. The first-order chi connectivity index (χ1) is 11.6. The van der Waals surface area contributed by atoms with Gasteiger partial charge in [-0.3, -0.25) is 0 Å². The van der Waals surface area contributed by atoms with Crippen molar-refractivity contribution >= 4 is 17.5 Å². The molecule has 0 saturated carbocycles. The summed E-state index contributed by atoms with van der Waals surface area (Å²) in [6.45, 7) is 2.01. The molecule has 0 aliphatic rings. The number of rotatable bonds is 5. The molecule has 2 rings (SSSR count). The zero-order valence-corrected chi connectivity index (χ0v) is 13.6. The van der Waals surface area contributed by atoms with Crippen LogP contribution >= 0.6 is 0 Å². The molecule has 0 saturated heterocycles. The van der Waals surface area contributed by atoms with Crippen molar-refractivity contribution in [3.63, 3.8) is 0 Å². The third kappa shape index (κ3) is 3.62. The maximum absolute atomic E-state index is 13.1. The Bertz CT molecular complexity index is 808. The van der Waals surface area contributed by atoms with E-state index in [9.17, 15) is 17.6 Å². The summed E-state index contributed by atoms with van der Waals surface area (Å²) >= 11 is 0. The van der Waals surface area contributed by atoms with Gasteiger partial charge in [0.25, 0.3) is 0 Å². The van der Waals surface area contributed by atoms with Crippen molar-refractivity contribution in [3.8, 4) is 6.07 Å². The molecule has 0 aliphatic heterocycles. The molecule has 134 valence electrons. The summed E-state index contributed by atoms with van der Waals surface area (Å²) < 4.78 is 52.8. The van der Waals surface area contributed by atoms with E-state index in [2.05, 4.69) is 25.7 Å². The quantitative estimate of drug-likeness (QED) is 0.800. The summed E-state index contributed by atoms with van der Waals surface area (Å²) in [6.07, 6.45) is -2.56. The molecular formula is C14H15F4N7. The second-order valence-electron chi connectivity index (χ2n) is 5.42. The fourth-order valence-electron chi connectivity index (χ4n) is 1.94. The molecule has 0 radical (unpaired) electrons. The highest BCUT2D eigenvalue weighted by Gasteiger charge is 2.35. The van der Waals surface area contributed by atoms with Crippen molar-refractivity contribution in [2.75, 3.05) is 24.4 Å². The monoisotopic (exact) mass is 357 g/mol. The predicted molar refractivity (Wildman–Crippen MR) is 82.1 cm³/mol. The van der Waals surface area contributed by atoms with E-state index >= 15 is 0 Å². The first kappa shape index (κ1) is 18.4. The largest absolute Gasteiger partial charge is 0.421 e. The van der Waals surface area contributed by atoms with Gasteiger partial charge in [-0.15, -0.1) is 0 Å². The Kier molecular flexibility index (Phi) is 4.82. The lowest BCUT2D eigenvalue weighted by atomic mass is 10.1. The number of hydrogen-bond acceptors (Lipinski definition) is 6. The molecule has 11 heteroatoms. The van der Waals surface area contributed by atoms with Gasteiger partial charge in [-0.25, -0.2) is 14.1 Å². The number of nitrogens with zero attached hydrogens (tertiary/aromatic N) is 5. The zero-order chi connectivity index (χ0) is 18.8. The Morgan fingerprint density at radius 1 is 1.36 bits per heavy atom. The normalized spacial score (nSPS) is 13.8. The van der Waals surface area contributed by atoms with Crippen LogP contribution in [0, 0.1) is 18.3 Å². The summed E-state index contributed by atoms with van der Waals surface area (Å²) in [6, 6.07) is 1.82. The van der Waals surface area contributed by atoms with Crippen molar-refractivity contribution in [2.24, 2.45) is 0 Å². The number of nitrogens with one attached hydrogen (secondary N) is 2. The van der Waals surface area contributed by atoms with Gasteiger partial charge in [0.2, 0.25) is 5.95 Å². The van der Waals surface area contributed by atoms with Gasteiger partial charge < -0.3 is 10.6 Å². The predicted octanol–water partition coefficient (Wildman–Crippen LogP) is 2.99. The van der Waals surface area contributed by atoms with Crippen molar-refractivity contribution in [3.05, 3.63) is 23.7 Å². The smallest absolute Gasteiger partial charge is 0.372 e. The third-order valence-electron chi connectivity index (χ3n) is 3.48. The molecule has 1 atom stereocenters. The number of hydrogen-bond donors (Lipinski definition) is 2. The molecule has 0 aromatic carbocycles. The van der Waals surface area contributed by atoms with Gasteiger partial charge >= 0.3 is 6.18 Å². The zero-order valence-electron chi connectivity index (χ0n) is 13.6. The van der Waals surface area contributed by atoms with Crippen LogP contribution in [0.5, 0.6) is 0 Å². The van der Waals surface area contributed by atoms with E-state index in [1.807, 2.05) is 6.07 Å². The average Bonchev–Trinajstić information content (AvgIpc) is 2.94. The molecule has 0 bridgehead atoms. The van der Waals surface area contributed by atoms with Gasteiger partial charge in [-0.05, 0) is 13.8 Å². The van der Waals surface area contributed by atoms with Crippen LogP contribution in [0.3, 0.4) is 0 Å². The Morgan fingerprint density at radius 3 is 2.56 bits per heavy atom. The molecular weight excluding hydrogens is 342 g/mol. The van der Waals surface area contributed by atoms with E-state index in [0.717, 1.165) is 4.68 Å². The van der Waals surface area contributed by atoms with Crippen LogP contribution in [0.15, 0.2) is 12.4 Å². The number of aromatic nitrogens is 4. The highest BCUT2D eigenvalue weighted by atomic mass is 19.4. The summed E-state index contributed by atoms with van der Waals surface area (Å²) in [5.74, 6) is -0.487. The summed E-state index contributed by atoms with van der Waals surface area (Å²) in [7, 11) is 1.31. The van der Waals surface area contributed by atoms with Crippen LogP contribution in [0.4, 0.5) is 35.0 Å².